The van der Waals surface area contributed by atoms with E-state index in [1.165, 1.54) is 11.9 Å². The second kappa shape index (κ2) is 7.98. The van der Waals surface area contributed by atoms with Gasteiger partial charge < -0.3 is 25.8 Å². The quantitative estimate of drug-likeness (QED) is 0.350. The van der Waals surface area contributed by atoms with Gasteiger partial charge in [0.05, 0.1) is 17.5 Å². The van der Waals surface area contributed by atoms with E-state index in [0.29, 0.717) is 23.3 Å². The van der Waals surface area contributed by atoms with E-state index in [1.54, 1.807) is 0 Å². The Hall–Kier alpha value is -2.07. The van der Waals surface area contributed by atoms with Crippen LogP contribution in [-0.2, 0) is 6.42 Å². The summed E-state index contributed by atoms with van der Waals surface area (Å²) in [6, 6.07) is 7.92. The van der Waals surface area contributed by atoms with E-state index in [2.05, 4.69) is 43.3 Å². The highest BCUT2D eigenvalue weighted by Gasteiger charge is 2.68. The molecule has 4 atom stereocenters. The maximum absolute atomic E-state index is 13.7. The molecule has 4 saturated carbocycles. The number of nitrogen functional groups attached to an aromatic ring is 1. The highest BCUT2D eigenvalue weighted by atomic mass is 79.9. The topological polar surface area (TPSA) is 109 Å². The van der Waals surface area contributed by atoms with Crippen molar-refractivity contribution < 1.29 is 14.6 Å². The van der Waals surface area contributed by atoms with Gasteiger partial charge in [0, 0.05) is 23.1 Å². The average molecular weight is 530 g/mol. The Kier molecular flexibility index (Phi) is 5.26. The SMILES string of the molecule is Nc1ncnc2c1c(Br)cn2[C@@H]1C[C@H](c2cccc(CCNCC34CC(F)(C3)C4)c2)[C@@H](O)[C@H]1O. The fourth-order valence-electron chi connectivity index (χ4n) is 6.54. The maximum Gasteiger partial charge on any atom is 0.146 e. The molecule has 5 N–H and O–H groups in total. The molecule has 0 amide bonds. The van der Waals surface area contributed by atoms with Crippen LogP contribution >= 0.6 is 15.9 Å². The molecule has 4 aliphatic carbocycles. The summed E-state index contributed by atoms with van der Waals surface area (Å²) in [7, 11) is 0. The number of hydrogen-bond acceptors (Lipinski definition) is 6. The Morgan fingerprint density at radius 1 is 1.21 bits per heavy atom. The highest BCUT2D eigenvalue weighted by molar-refractivity contribution is 9.10. The number of alkyl halides is 1. The van der Waals surface area contributed by atoms with Gasteiger partial charge in [-0.1, -0.05) is 24.3 Å². The number of aromatic nitrogens is 3. The van der Waals surface area contributed by atoms with Gasteiger partial charge in [-0.05, 0) is 71.1 Å². The molecule has 2 aromatic heterocycles. The minimum absolute atomic E-state index is 0.190. The van der Waals surface area contributed by atoms with Crippen molar-refractivity contribution in [2.24, 2.45) is 5.41 Å². The predicted molar refractivity (Wildman–Crippen MR) is 131 cm³/mol. The maximum atomic E-state index is 13.7. The predicted octanol–water partition coefficient (Wildman–Crippen LogP) is 3.25. The first-order chi connectivity index (χ1) is 16.3. The number of nitrogens with one attached hydrogen (secondary N) is 1. The van der Waals surface area contributed by atoms with Gasteiger partial charge in [0.25, 0.3) is 0 Å². The van der Waals surface area contributed by atoms with E-state index in [0.717, 1.165) is 48.8 Å². The minimum atomic E-state index is -0.930. The van der Waals surface area contributed by atoms with Crippen LogP contribution in [0.1, 0.15) is 48.8 Å². The first-order valence-corrected chi connectivity index (χ1v) is 12.7. The Labute approximate surface area is 205 Å². The van der Waals surface area contributed by atoms with Crippen molar-refractivity contribution in [3.63, 3.8) is 0 Å². The molecule has 34 heavy (non-hydrogen) atoms. The summed E-state index contributed by atoms with van der Waals surface area (Å²) in [5.74, 6) is 0.185. The number of aliphatic hydroxyl groups excluding tert-OH is 2. The molecule has 9 heteroatoms. The number of nitrogens with zero attached hydrogens (tertiary/aromatic N) is 3. The summed E-state index contributed by atoms with van der Waals surface area (Å²) >= 11 is 3.53. The number of benzene rings is 1. The van der Waals surface area contributed by atoms with Gasteiger partial charge in [0.1, 0.15) is 29.6 Å². The second-order valence-corrected chi connectivity index (χ2v) is 11.4. The lowest BCUT2D eigenvalue weighted by atomic mass is 9.42. The minimum Gasteiger partial charge on any atom is -0.390 e. The molecule has 0 unspecified atom stereocenters. The van der Waals surface area contributed by atoms with Crippen molar-refractivity contribution in [3.8, 4) is 0 Å². The van der Waals surface area contributed by atoms with Crippen LogP contribution in [0.4, 0.5) is 10.2 Å². The third-order valence-corrected chi connectivity index (χ3v) is 8.75. The van der Waals surface area contributed by atoms with E-state index < -0.39 is 17.9 Å². The number of fused-ring (bicyclic) bond motifs is 1. The van der Waals surface area contributed by atoms with Crippen LogP contribution in [0.2, 0.25) is 0 Å². The largest absolute Gasteiger partial charge is 0.390 e. The van der Waals surface area contributed by atoms with Crippen molar-refractivity contribution >= 4 is 32.8 Å². The number of nitrogens with two attached hydrogens (primary N) is 1. The molecule has 4 aliphatic rings. The zero-order chi connectivity index (χ0) is 23.7. The normalized spacial score (nSPS) is 34.2. The third-order valence-electron chi connectivity index (χ3n) is 8.15. The fourth-order valence-corrected chi connectivity index (χ4v) is 7.15. The number of anilines is 1. The lowest BCUT2D eigenvalue weighted by Crippen LogP contribution is -2.67. The van der Waals surface area contributed by atoms with Crippen LogP contribution in [0.3, 0.4) is 0 Å². The number of hydrogen-bond donors (Lipinski definition) is 4. The van der Waals surface area contributed by atoms with Crippen LogP contribution in [0.25, 0.3) is 11.0 Å². The first-order valence-electron chi connectivity index (χ1n) is 11.9. The monoisotopic (exact) mass is 529 g/mol. The fraction of sp³-hybridized carbons (Fsp3) is 0.520. The third kappa shape index (κ3) is 3.56. The number of rotatable bonds is 7. The van der Waals surface area contributed by atoms with Gasteiger partial charge in [-0.3, -0.25) is 0 Å². The van der Waals surface area contributed by atoms with E-state index >= 15 is 0 Å². The van der Waals surface area contributed by atoms with Gasteiger partial charge in [-0.2, -0.15) is 0 Å². The van der Waals surface area contributed by atoms with Gasteiger partial charge >= 0.3 is 0 Å². The molecule has 2 heterocycles. The van der Waals surface area contributed by atoms with Crippen molar-refractivity contribution in [1.82, 2.24) is 19.9 Å². The average Bonchev–Trinajstić information content (AvgIpc) is 3.26. The van der Waals surface area contributed by atoms with E-state index in [4.69, 9.17) is 5.73 Å². The number of aliphatic hydroxyl groups is 2. The molecule has 7 rings (SSSR count). The lowest BCUT2D eigenvalue weighted by Gasteiger charge is -2.66. The molecule has 0 radical (unpaired) electrons. The van der Waals surface area contributed by atoms with Crippen molar-refractivity contribution in [2.75, 3.05) is 18.8 Å². The molecular weight excluding hydrogens is 501 g/mol. The summed E-state index contributed by atoms with van der Waals surface area (Å²) in [4.78, 5) is 8.44. The molecule has 2 bridgehead atoms. The zero-order valence-electron chi connectivity index (χ0n) is 18.8. The summed E-state index contributed by atoms with van der Waals surface area (Å²) in [6.07, 6.45) is 5.07. The zero-order valence-corrected chi connectivity index (χ0v) is 20.4. The van der Waals surface area contributed by atoms with Crippen LogP contribution in [0.15, 0.2) is 41.3 Å². The van der Waals surface area contributed by atoms with Crippen LogP contribution < -0.4 is 11.1 Å². The summed E-state index contributed by atoms with van der Waals surface area (Å²) in [5.41, 5.74) is 8.24. The Morgan fingerprint density at radius 3 is 2.76 bits per heavy atom. The molecule has 0 spiro atoms. The molecule has 1 aromatic carbocycles. The molecular formula is C25H29BrFN5O2. The Balaban J connectivity index is 1.15. The summed E-state index contributed by atoms with van der Waals surface area (Å²) < 4.78 is 16.4. The van der Waals surface area contributed by atoms with Crippen LogP contribution in [0.5, 0.6) is 0 Å². The lowest BCUT2D eigenvalue weighted by molar-refractivity contribution is -0.209. The molecule has 4 fully saturated rings. The summed E-state index contributed by atoms with van der Waals surface area (Å²) in [5, 5.41) is 26.1. The Bertz CT molecular complexity index is 1230. The molecule has 7 nitrogen and oxygen atoms in total. The van der Waals surface area contributed by atoms with Gasteiger partial charge in [0.15, 0.2) is 0 Å². The van der Waals surface area contributed by atoms with Gasteiger partial charge in [0.2, 0.25) is 0 Å². The number of halogens is 2. The van der Waals surface area contributed by atoms with Gasteiger partial charge in [-0.15, -0.1) is 0 Å². The van der Waals surface area contributed by atoms with Crippen molar-refractivity contribution in [3.05, 3.63) is 52.4 Å². The van der Waals surface area contributed by atoms with Gasteiger partial charge in [-0.25, -0.2) is 14.4 Å². The van der Waals surface area contributed by atoms with E-state index in [1.807, 2.05) is 22.9 Å². The molecule has 3 aromatic rings. The standard InChI is InChI=1S/C25H29BrFN5O2/c26-17-8-32(23-19(17)22(28)30-13-31-23)18-7-16(20(33)21(18)34)15-3-1-2-14(6-15)4-5-29-12-24-9-25(27,10-24)11-24/h1-3,6,8,13,16,18,20-21,29,33-34H,4-5,7,9-12H2,(H2,28,30,31)/t16-,18-,20-,21+,24?,25?/m1/s1. The highest BCUT2D eigenvalue weighted by Crippen LogP contribution is 2.69. The smallest absolute Gasteiger partial charge is 0.146 e. The van der Waals surface area contributed by atoms with E-state index in [9.17, 15) is 14.6 Å². The molecule has 0 saturated heterocycles. The molecule has 180 valence electrons. The van der Waals surface area contributed by atoms with Crippen LogP contribution in [-0.4, -0.2) is 55.7 Å². The van der Waals surface area contributed by atoms with E-state index in [-0.39, 0.29) is 17.4 Å². The Morgan fingerprint density at radius 2 is 2.00 bits per heavy atom. The van der Waals surface area contributed by atoms with Crippen molar-refractivity contribution in [2.45, 2.75) is 61.9 Å². The van der Waals surface area contributed by atoms with Crippen LogP contribution in [0, 0.1) is 5.41 Å². The molecule has 0 aliphatic heterocycles. The summed E-state index contributed by atoms with van der Waals surface area (Å²) in [6.45, 7) is 1.73. The first kappa shape index (κ1) is 22.4. The van der Waals surface area contributed by atoms with Crippen molar-refractivity contribution in [1.29, 1.82) is 0 Å². The second-order valence-electron chi connectivity index (χ2n) is 10.6.